The highest BCUT2D eigenvalue weighted by Crippen LogP contribution is 2.23. The molecule has 0 atom stereocenters. The van der Waals surface area contributed by atoms with Gasteiger partial charge in [-0.25, -0.2) is 0 Å². The molecule has 4 nitrogen and oxygen atoms in total. The Hall–Kier alpha value is -2.04. The van der Waals surface area contributed by atoms with Crippen molar-refractivity contribution in [3.63, 3.8) is 0 Å². The van der Waals surface area contributed by atoms with Crippen LogP contribution in [0.4, 0.5) is 11.4 Å². The molecular formula is C14H8Cl2N2O2. The molecule has 0 unspecified atom stereocenters. The highest BCUT2D eigenvalue weighted by atomic mass is 35.5. The summed E-state index contributed by atoms with van der Waals surface area (Å²) in [5, 5.41) is 6.82. The zero-order valence-corrected chi connectivity index (χ0v) is 11.6. The molecule has 0 aliphatic heterocycles. The van der Waals surface area contributed by atoms with Gasteiger partial charge in [0.15, 0.2) is 0 Å². The molecule has 6 heteroatoms. The Kier molecular flexibility index (Phi) is 4.61. The van der Waals surface area contributed by atoms with Crippen LogP contribution in [0.25, 0.3) is 0 Å². The van der Waals surface area contributed by atoms with Gasteiger partial charge in [-0.3, -0.25) is 9.59 Å². The fraction of sp³-hybridized carbons (Fsp3) is 0. The molecule has 0 heterocycles. The van der Waals surface area contributed by atoms with E-state index in [0.29, 0.717) is 16.9 Å². The summed E-state index contributed by atoms with van der Waals surface area (Å²) >= 11 is 10.8. The number of azo groups is 1. The van der Waals surface area contributed by atoms with E-state index in [1.165, 1.54) is 0 Å². The van der Waals surface area contributed by atoms with Crippen LogP contribution >= 0.6 is 23.2 Å². The first-order chi connectivity index (χ1) is 9.58. The van der Waals surface area contributed by atoms with Gasteiger partial charge in [0.1, 0.15) is 0 Å². The van der Waals surface area contributed by atoms with Crippen molar-refractivity contribution in [3.8, 4) is 0 Å². The summed E-state index contributed by atoms with van der Waals surface area (Å²) in [6, 6.07) is 12.9. The molecule has 0 aliphatic rings. The maximum absolute atomic E-state index is 11.2. The largest absolute Gasteiger partial charge is 0.276 e. The molecule has 20 heavy (non-hydrogen) atoms. The van der Waals surface area contributed by atoms with Crippen molar-refractivity contribution < 1.29 is 9.59 Å². The predicted molar refractivity (Wildman–Crippen MR) is 77.4 cm³/mol. The number of nitrogens with zero attached hydrogens (tertiary/aromatic N) is 2. The Bertz CT molecular complexity index is 682. The summed E-state index contributed by atoms with van der Waals surface area (Å²) in [4.78, 5) is 22.1. The van der Waals surface area contributed by atoms with Gasteiger partial charge in [0.25, 0.3) is 10.5 Å². The monoisotopic (exact) mass is 306 g/mol. The summed E-state index contributed by atoms with van der Waals surface area (Å²) in [5.74, 6) is 0. The van der Waals surface area contributed by atoms with Crippen LogP contribution in [0.5, 0.6) is 0 Å². The van der Waals surface area contributed by atoms with E-state index in [2.05, 4.69) is 10.2 Å². The predicted octanol–water partition coefficient (Wildman–Crippen LogP) is 4.86. The van der Waals surface area contributed by atoms with Gasteiger partial charge in [-0.1, -0.05) is 12.1 Å². The molecule has 2 rings (SSSR count). The zero-order chi connectivity index (χ0) is 14.5. The minimum atomic E-state index is -0.595. The lowest BCUT2D eigenvalue weighted by Gasteiger charge is -1.99. The van der Waals surface area contributed by atoms with Crippen molar-refractivity contribution in [1.29, 1.82) is 0 Å². The number of hydrogen-bond donors (Lipinski definition) is 0. The lowest BCUT2D eigenvalue weighted by Crippen LogP contribution is -1.88. The maximum atomic E-state index is 11.2. The van der Waals surface area contributed by atoms with Gasteiger partial charge in [-0.2, -0.15) is 5.11 Å². The van der Waals surface area contributed by atoms with Crippen molar-refractivity contribution in [2.75, 3.05) is 0 Å². The maximum Gasteiger partial charge on any atom is 0.254 e. The van der Waals surface area contributed by atoms with Gasteiger partial charge in [-0.15, -0.1) is 5.11 Å². The number of benzene rings is 2. The molecule has 0 aromatic heterocycles. The average Bonchev–Trinajstić information content (AvgIpc) is 2.45. The van der Waals surface area contributed by atoms with Crippen molar-refractivity contribution in [3.05, 3.63) is 59.7 Å². The third-order valence-corrected chi connectivity index (χ3v) is 2.91. The lowest BCUT2D eigenvalue weighted by molar-refractivity contribution is 0.107. The highest BCUT2D eigenvalue weighted by Gasteiger charge is 2.07. The second-order valence-electron chi connectivity index (χ2n) is 3.81. The Balaban J connectivity index is 2.25. The minimum Gasteiger partial charge on any atom is -0.276 e. The zero-order valence-electron chi connectivity index (χ0n) is 10.1. The molecular weight excluding hydrogens is 299 g/mol. The van der Waals surface area contributed by atoms with Crippen LogP contribution in [-0.2, 0) is 0 Å². The molecule has 0 N–H and O–H groups in total. The highest BCUT2D eigenvalue weighted by molar-refractivity contribution is 6.68. The summed E-state index contributed by atoms with van der Waals surface area (Å²) in [6.45, 7) is 0. The molecule has 2 aromatic rings. The summed E-state index contributed by atoms with van der Waals surface area (Å²) in [5.41, 5.74) is 1.57. The van der Waals surface area contributed by atoms with E-state index >= 15 is 0 Å². The molecule has 0 saturated carbocycles. The fourth-order valence-electron chi connectivity index (χ4n) is 1.50. The SMILES string of the molecule is O=C(Cl)c1ccc(N=Nc2ccccc2C(=O)Cl)cc1. The van der Waals surface area contributed by atoms with Crippen LogP contribution in [0.2, 0.25) is 0 Å². The van der Waals surface area contributed by atoms with Crippen LogP contribution in [0.3, 0.4) is 0 Å². The smallest absolute Gasteiger partial charge is 0.254 e. The lowest BCUT2D eigenvalue weighted by atomic mass is 10.2. The van der Waals surface area contributed by atoms with Crippen molar-refractivity contribution in [2.45, 2.75) is 0 Å². The van der Waals surface area contributed by atoms with Gasteiger partial charge < -0.3 is 0 Å². The second kappa shape index (κ2) is 6.41. The number of carbonyl (C=O) groups is 2. The topological polar surface area (TPSA) is 58.9 Å². The van der Waals surface area contributed by atoms with E-state index in [-0.39, 0.29) is 5.56 Å². The van der Waals surface area contributed by atoms with Gasteiger partial charge >= 0.3 is 0 Å². The number of carbonyl (C=O) groups excluding carboxylic acids is 2. The van der Waals surface area contributed by atoms with Gasteiger partial charge in [0.2, 0.25) is 0 Å². The van der Waals surface area contributed by atoms with E-state index in [1.807, 2.05) is 0 Å². The normalized spacial score (nSPS) is 10.7. The summed E-state index contributed by atoms with van der Waals surface area (Å²) < 4.78 is 0. The molecule has 2 aromatic carbocycles. The van der Waals surface area contributed by atoms with Gasteiger partial charge in [-0.05, 0) is 59.6 Å². The standard InChI is InChI=1S/C14H8Cl2N2O2/c15-13(19)9-5-7-10(8-6-9)17-18-12-4-2-1-3-11(12)14(16)20/h1-8H. The van der Waals surface area contributed by atoms with Crippen LogP contribution in [-0.4, -0.2) is 10.5 Å². The van der Waals surface area contributed by atoms with E-state index < -0.39 is 10.5 Å². The van der Waals surface area contributed by atoms with E-state index in [0.717, 1.165) is 0 Å². The summed E-state index contributed by atoms with van der Waals surface area (Å²) in [6.07, 6.45) is 0. The van der Waals surface area contributed by atoms with E-state index in [1.54, 1.807) is 48.5 Å². The molecule has 100 valence electrons. The molecule has 0 saturated heterocycles. The van der Waals surface area contributed by atoms with Crippen LogP contribution in [0.15, 0.2) is 58.8 Å². The number of halogens is 2. The Morgan fingerprint density at radius 3 is 2.05 bits per heavy atom. The van der Waals surface area contributed by atoms with Crippen LogP contribution in [0.1, 0.15) is 20.7 Å². The molecule has 0 fully saturated rings. The van der Waals surface area contributed by atoms with Crippen molar-refractivity contribution in [2.24, 2.45) is 10.2 Å². The molecule has 0 spiro atoms. The first kappa shape index (κ1) is 14.4. The first-order valence-corrected chi connectivity index (χ1v) is 6.34. The van der Waals surface area contributed by atoms with Crippen LogP contribution in [0, 0.1) is 0 Å². The number of hydrogen-bond acceptors (Lipinski definition) is 4. The van der Waals surface area contributed by atoms with E-state index in [9.17, 15) is 9.59 Å². The van der Waals surface area contributed by atoms with Crippen LogP contribution < -0.4 is 0 Å². The molecule has 0 bridgehead atoms. The fourth-order valence-corrected chi connectivity index (χ4v) is 1.78. The van der Waals surface area contributed by atoms with Gasteiger partial charge in [0, 0.05) is 5.56 Å². The number of rotatable bonds is 4. The average molecular weight is 307 g/mol. The molecule has 0 radical (unpaired) electrons. The molecule has 0 amide bonds. The third-order valence-electron chi connectivity index (χ3n) is 2.48. The second-order valence-corrected chi connectivity index (χ2v) is 4.50. The third kappa shape index (κ3) is 3.50. The minimum absolute atomic E-state index is 0.283. The quantitative estimate of drug-likeness (QED) is 0.598. The van der Waals surface area contributed by atoms with Crippen molar-refractivity contribution in [1.82, 2.24) is 0 Å². The Morgan fingerprint density at radius 2 is 1.45 bits per heavy atom. The summed E-state index contributed by atoms with van der Waals surface area (Å²) in [7, 11) is 0. The Labute approximate surface area is 125 Å². The van der Waals surface area contributed by atoms with E-state index in [4.69, 9.17) is 23.2 Å². The first-order valence-electron chi connectivity index (χ1n) is 5.58. The molecule has 0 aliphatic carbocycles. The Morgan fingerprint density at radius 1 is 0.800 bits per heavy atom. The van der Waals surface area contributed by atoms with Gasteiger partial charge in [0.05, 0.1) is 16.9 Å². The van der Waals surface area contributed by atoms with Crippen molar-refractivity contribution >= 4 is 45.1 Å².